The first-order chi connectivity index (χ1) is 13.2. The van der Waals surface area contributed by atoms with Crippen molar-refractivity contribution in [2.24, 2.45) is 4.99 Å². The molecule has 2 N–H and O–H groups in total. The Labute approximate surface area is 166 Å². The number of methoxy groups -OCH3 is 1. The second-order valence-electron chi connectivity index (χ2n) is 6.80. The monoisotopic (exact) mass is 377 g/mol. The van der Waals surface area contributed by atoms with Crippen molar-refractivity contribution in [1.82, 2.24) is 15.5 Å². The van der Waals surface area contributed by atoms with Crippen LogP contribution in [-0.2, 0) is 4.74 Å². The Kier molecular flexibility index (Phi) is 13.2. The van der Waals surface area contributed by atoms with Gasteiger partial charge in [0.15, 0.2) is 5.96 Å². The zero-order chi connectivity index (χ0) is 19.7. The second-order valence-corrected chi connectivity index (χ2v) is 6.80. The molecule has 154 valence electrons. The fourth-order valence-corrected chi connectivity index (χ4v) is 2.76. The Balaban J connectivity index is 2.20. The lowest BCUT2D eigenvalue weighted by atomic mass is 10.2. The summed E-state index contributed by atoms with van der Waals surface area (Å²) in [5.74, 6) is 0.916. The summed E-state index contributed by atoms with van der Waals surface area (Å²) in [5, 5.41) is 6.75. The fraction of sp³-hybridized carbons (Fsp3) is 0.667. The molecule has 0 amide bonds. The number of nitrogens with zero attached hydrogens (tertiary/aromatic N) is 3. The fourth-order valence-electron chi connectivity index (χ4n) is 2.76. The summed E-state index contributed by atoms with van der Waals surface area (Å²) in [6.45, 7) is 8.65. The van der Waals surface area contributed by atoms with Gasteiger partial charge in [0.25, 0.3) is 0 Å². The second kappa shape index (κ2) is 15.3. The van der Waals surface area contributed by atoms with Gasteiger partial charge < -0.3 is 25.2 Å². The number of para-hydroxylation sites is 1. The summed E-state index contributed by atoms with van der Waals surface area (Å²) >= 11 is 0. The first kappa shape index (κ1) is 23.2. The van der Waals surface area contributed by atoms with Gasteiger partial charge in [-0.25, -0.2) is 0 Å². The van der Waals surface area contributed by atoms with E-state index in [9.17, 15) is 0 Å². The van der Waals surface area contributed by atoms with Crippen LogP contribution in [0.5, 0.6) is 0 Å². The SMILES string of the molecule is CCNC(=NCCCCN(C)c1ccccc1)NCCN(C)CCCOC. The highest BCUT2D eigenvalue weighted by Gasteiger charge is 2.01. The topological polar surface area (TPSA) is 52.1 Å². The van der Waals surface area contributed by atoms with Gasteiger partial charge >= 0.3 is 0 Å². The van der Waals surface area contributed by atoms with E-state index in [4.69, 9.17) is 9.73 Å². The van der Waals surface area contributed by atoms with Crippen LogP contribution in [0.2, 0.25) is 0 Å². The highest BCUT2D eigenvalue weighted by Crippen LogP contribution is 2.11. The first-order valence-electron chi connectivity index (χ1n) is 10.1. The molecule has 0 unspecified atom stereocenters. The molecule has 0 aliphatic heterocycles. The molecular formula is C21H39N5O. The molecule has 0 spiro atoms. The molecule has 0 aromatic heterocycles. The van der Waals surface area contributed by atoms with Gasteiger partial charge in [-0.15, -0.1) is 0 Å². The van der Waals surface area contributed by atoms with E-state index in [-0.39, 0.29) is 0 Å². The molecule has 1 aromatic rings. The minimum atomic E-state index is 0.821. The molecule has 1 rings (SSSR count). The van der Waals surface area contributed by atoms with Crippen molar-refractivity contribution in [3.8, 4) is 0 Å². The molecule has 1 aromatic carbocycles. The van der Waals surface area contributed by atoms with Gasteiger partial charge in [0, 0.05) is 65.7 Å². The zero-order valence-corrected chi connectivity index (χ0v) is 17.7. The van der Waals surface area contributed by atoms with E-state index in [1.165, 1.54) is 5.69 Å². The van der Waals surface area contributed by atoms with E-state index < -0.39 is 0 Å². The number of unbranched alkanes of at least 4 members (excludes halogenated alkanes) is 1. The highest BCUT2D eigenvalue weighted by molar-refractivity contribution is 5.79. The van der Waals surface area contributed by atoms with Crippen LogP contribution in [0.3, 0.4) is 0 Å². The molecule has 0 radical (unpaired) electrons. The summed E-state index contributed by atoms with van der Waals surface area (Å²) in [7, 11) is 6.04. The largest absolute Gasteiger partial charge is 0.385 e. The molecule has 0 saturated heterocycles. The third kappa shape index (κ3) is 11.5. The van der Waals surface area contributed by atoms with E-state index >= 15 is 0 Å². The van der Waals surface area contributed by atoms with Gasteiger partial charge in [-0.05, 0) is 45.4 Å². The number of anilines is 1. The average Bonchev–Trinajstić information content (AvgIpc) is 2.68. The van der Waals surface area contributed by atoms with Crippen molar-refractivity contribution < 1.29 is 4.74 Å². The van der Waals surface area contributed by atoms with Gasteiger partial charge in [-0.3, -0.25) is 4.99 Å². The minimum absolute atomic E-state index is 0.821. The van der Waals surface area contributed by atoms with Crippen molar-refractivity contribution in [2.75, 3.05) is 72.0 Å². The van der Waals surface area contributed by atoms with Crippen LogP contribution >= 0.6 is 0 Å². The molecule has 0 atom stereocenters. The van der Waals surface area contributed by atoms with Crippen LogP contribution < -0.4 is 15.5 Å². The first-order valence-corrected chi connectivity index (χ1v) is 10.1. The number of nitrogens with one attached hydrogen (secondary N) is 2. The van der Waals surface area contributed by atoms with Crippen LogP contribution in [0.4, 0.5) is 5.69 Å². The van der Waals surface area contributed by atoms with Gasteiger partial charge in [0.05, 0.1) is 0 Å². The van der Waals surface area contributed by atoms with Crippen molar-refractivity contribution in [2.45, 2.75) is 26.2 Å². The maximum Gasteiger partial charge on any atom is 0.191 e. The number of hydrogen-bond acceptors (Lipinski definition) is 4. The standard InChI is InChI=1S/C21H39N5O/c1-5-22-21(24-15-18-25(2)16-11-19-27-4)23-14-9-10-17-26(3)20-12-7-6-8-13-20/h6-8,12-13H,5,9-11,14-19H2,1-4H3,(H2,22,23,24). The highest BCUT2D eigenvalue weighted by atomic mass is 16.5. The van der Waals surface area contributed by atoms with Crippen LogP contribution in [0.25, 0.3) is 0 Å². The van der Waals surface area contributed by atoms with E-state index in [0.29, 0.717) is 0 Å². The van der Waals surface area contributed by atoms with Gasteiger partial charge in [-0.2, -0.15) is 0 Å². The number of aliphatic imine (C=N–C) groups is 1. The number of likely N-dealkylation sites (N-methyl/N-ethyl adjacent to an activating group) is 1. The molecule has 0 heterocycles. The van der Waals surface area contributed by atoms with Crippen LogP contribution in [0.1, 0.15) is 26.2 Å². The molecule has 6 heteroatoms. The van der Waals surface area contributed by atoms with Gasteiger partial charge in [0.2, 0.25) is 0 Å². The molecule has 27 heavy (non-hydrogen) atoms. The predicted molar refractivity (Wildman–Crippen MR) is 117 cm³/mol. The number of rotatable bonds is 14. The van der Waals surface area contributed by atoms with Crippen LogP contribution in [0, 0.1) is 0 Å². The number of hydrogen-bond donors (Lipinski definition) is 2. The van der Waals surface area contributed by atoms with E-state index in [1.807, 2.05) is 0 Å². The maximum atomic E-state index is 5.10. The van der Waals surface area contributed by atoms with Crippen LogP contribution in [-0.4, -0.2) is 77.9 Å². The lowest BCUT2D eigenvalue weighted by Crippen LogP contribution is -2.41. The minimum Gasteiger partial charge on any atom is -0.385 e. The smallest absolute Gasteiger partial charge is 0.191 e. The third-order valence-electron chi connectivity index (χ3n) is 4.39. The van der Waals surface area contributed by atoms with Crippen molar-refractivity contribution in [1.29, 1.82) is 0 Å². The van der Waals surface area contributed by atoms with E-state index in [0.717, 1.165) is 71.1 Å². The van der Waals surface area contributed by atoms with Crippen molar-refractivity contribution >= 4 is 11.6 Å². The molecule has 0 aliphatic carbocycles. The quantitative estimate of drug-likeness (QED) is 0.296. The lowest BCUT2D eigenvalue weighted by Gasteiger charge is -2.19. The van der Waals surface area contributed by atoms with Gasteiger partial charge in [0.1, 0.15) is 0 Å². The third-order valence-corrected chi connectivity index (χ3v) is 4.39. The van der Waals surface area contributed by atoms with E-state index in [1.54, 1.807) is 7.11 Å². The lowest BCUT2D eigenvalue weighted by molar-refractivity contribution is 0.180. The molecule has 0 aliphatic rings. The maximum absolute atomic E-state index is 5.10. The van der Waals surface area contributed by atoms with E-state index in [2.05, 4.69) is 71.8 Å². The Hall–Kier alpha value is -1.79. The Morgan fingerprint density at radius 2 is 1.78 bits per heavy atom. The molecule has 0 saturated carbocycles. The number of guanidine groups is 1. The summed E-state index contributed by atoms with van der Waals surface area (Å²) in [4.78, 5) is 9.31. The number of ether oxygens (including phenoxy) is 1. The summed E-state index contributed by atoms with van der Waals surface area (Å²) in [6, 6.07) is 10.5. The van der Waals surface area contributed by atoms with Crippen LogP contribution in [0.15, 0.2) is 35.3 Å². The summed E-state index contributed by atoms with van der Waals surface area (Å²) < 4.78 is 5.10. The normalized spacial score (nSPS) is 11.7. The number of benzene rings is 1. The molecule has 0 bridgehead atoms. The Morgan fingerprint density at radius 3 is 2.48 bits per heavy atom. The Morgan fingerprint density at radius 1 is 1.00 bits per heavy atom. The predicted octanol–water partition coefficient (Wildman–Crippen LogP) is 2.43. The molecular weight excluding hydrogens is 338 g/mol. The van der Waals surface area contributed by atoms with Crippen molar-refractivity contribution in [3.63, 3.8) is 0 Å². The Bertz CT molecular complexity index is 495. The summed E-state index contributed by atoms with van der Waals surface area (Å²) in [6.07, 6.45) is 3.29. The zero-order valence-electron chi connectivity index (χ0n) is 17.7. The average molecular weight is 378 g/mol. The van der Waals surface area contributed by atoms with Crippen molar-refractivity contribution in [3.05, 3.63) is 30.3 Å². The summed E-state index contributed by atoms with van der Waals surface area (Å²) in [5.41, 5.74) is 1.27. The van der Waals surface area contributed by atoms with Gasteiger partial charge in [-0.1, -0.05) is 18.2 Å². The molecule has 6 nitrogen and oxygen atoms in total. The molecule has 0 fully saturated rings.